The summed E-state index contributed by atoms with van der Waals surface area (Å²) >= 11 is 0. The number of nitrogens with one attached hydrogen (secondary N) is 1. The molecule has 10 heteroatoms. The number of aryl methyl sites for hydroxylation is 1. The molecule has 3 saturated heterocycles. The number of anilines is 2. The molecule has 0 aromatic carbocycles. The number of likely N-dealkylation sites (tertiary alicyclic amines) is 2. The van der Waals surface area contributed by atoms with Gasteiger partial charge in [-0.15, -0.1) is 0 Å². The fourth-order valence-corrected chi connectivity index (χ4v) is 6.43. The van der Waals surface area contributed by atoms with Gasteiger partial charge in [0.05, 0.1) is 11.9 Å². The van der Waals surface area contributed by atoms with E-state index >= 15 is 0 Å². The lowest BCUT2D eigenvalue weighted by atomic mass is 9.93. The highest BCUT2D eigenvalue weighted by atomic mass is 16.5. The Labute approximate surface area is 231 Å². The minimum atomic E-state index is 0.340. The highest BCUT2D eigenvalue weighted by Crippen LogP contribution is 2.31. The van der Waals surface area contributed by atoms with Gasteiger partial charge in [0, 0.05) is 55.4 Å². The maximum atomic E-state index is 6.28. The SMILES string of the molecule is CCc1nc2c(N)ncc(-c3cnn(CC4CCN(C5CCN(C)CC5)CC4)c3)c2nc1NC1CCOCC1. The zero-order chi connectivity index (χ0) is 26.8. The number of hydrogen-bond donors (Lipinski definition) is 2. The van der Waals surface area contributed by atoms with Crippen LogP contribution in [0.5, 0.6) is 0 Å². The van der Waals surface area contributed by atoms with Crippen LogP contribution in [0, 0.1) is 5.92 Å². The number of rotatable bonds is 7. The van der Waals surface area contributed by atoms with Crippen molar-refractivity contribution < 1.29 is 4.74 Å². The predicted molar refractivity (Wildman–Crippen MR) is 155 cm³/mol. The molecule has 10 nitrogen and oxygen atoms in total. The van der Waals surface area contributed by atoms with E-state index in [1.807, 2.05) is 12.4 Å². The van der Waals surface area contributed by atoms with Gasteiger partial charge in [0.25, 0.3) is 0 Å². The molecule has 3 aliphatic rings. The lowest BCUT2D eigenvalue weighted by Gasteiger charge is -2.41. The molecule has 0 atom stereocenters. The van der Waals surface area contributed by atoms with Crippen LogP contribution < -0.4 is 11.1 Å². The lowest BCUT2D eigenvalue weighted by molar-refractivity contribution is 0.0812. The van der Waals surface area contributed by atoms with Gasteiger partial charge in [-0.2, -0.15) is 5.10 Å². The topological polar surface area (TPSA) is 110 Å². The van der Waals surface area contributed by atoms with Crippen LogP contribution in [0.2, 0.25) is 0 Å². The van der Waals surface area contributed by atoms with Crippen molar-refractivity contribution in [1.82, 2.24) is 34.5 Å². The standard InChI is InChI=1S/C29H43N9O/c1-3-25-29(33-22-8-14-39-15-9-22)35-26-24(17-31-28(30)27(26)34-25)21-16-32-38(19-21)18-20-4-12-37(13-5-20)23-6-10-36(2)11-7-23/h16-17,19-20,22-23H,3-15,18H2,1-2H3,(H2,30,31)(H,33,35). The molecule has 0 radical (unpaired) electrons. The first-order valence-electron chi connectivity index (χ1n) is 14.8. The van der Waals surface area contributed by atoms with E-state index in [1.165, 1.54) is 51.9 Å². The summed E-state index contributed by atoms with van der Waals surface area (Å²) in [6.07, 6.45) is 13.7. The summed E-state index contributed by atoms with van der Waals surface area (Å²) in [6.45, 7) is 9.47. The highest BCUT2D eigenvalue weighted by Gasteiger charge is 2.28. The lowest BCUT2D eigenvalue weighted by Crippen LogP contribution is -2.47. The minimum absolute atomic E-state index is 0.340. The molecule has 0 saturated carbocycles. The van der Waals surface area contributed by atoms with Gasteiger partial charge in [-0.3, -0.25) is 4.68 Å². The van der Waals surface area contributed by atoms with Crippen LogP contribution in [0.3, 0.4) is 0 Å². The Morgan fingerprint density at radius 3 is 2.49 bits per heavy atom. The van der Waals surface area contributed by atoms with E-state index in [2.05, 4.69) is 45.0 Å². The number of nitrogens with zero attached hydrogens (tertiary/aromatic N) is 7. The number of hydrogen-bond acceptors (Lipinski definition) is 9. The molecule has 3 aromatic heterocycles. The number of ether oxygens (including phenoxy) is 1. The highest BCUT2D eigenvalue weighted by molar-refractivity contribution is 5.96. The Bertz CT molecular complexity index is 1260. The van der Waals surface area contributed by atoms with Gasteiger partial charge < -0.3 is 25.6 Å². The molecule has 0 bridgehead atoms. The number of piperidine rings is 2. The van der Waals surface area contributed by atoms with Crippen LogP contribution >= 0.6 is 0 Å². The van der Waals surface area contributed by atoms with E-state index < -0.39 is 0 Å². The largest absolute Gasteiger partial charge is 0.382 e. The Kier molecular flexibility index (Phi) is 7.95. The summed E-state index contributed by atoms with van der Waals surface area (Å²) in [5, 5.41) is 8.38. The van der Waals surface area contributed by atoms with E-state index in [0.717, 1.165) is 73.2 Å². The van der Waals surface area contributed by atoms with Crippen LogP contribution in [-0.4, -0.2) is 93.1 Å². The van der Waals surface area contributed by atoms with Crippen molar-refractivity contribution in [3.63, 3.8) is 0 Å². The van der Waals surface area contributed by atoms with Gasteiger partial charge in [0.2, 0.25) is 0 Å². The van der Waals surface area contributed by atoms with Crippen molar-refractivity contribution in [2.75, 3.05) is 57.5 Å². The van der Waals surface area contributed by atoms with Crippen molar-refractivity contribution in [3.8, 4) is 11.1 Å². The fraction of sp³-hybridized carbons (Fsp3) is 0.655. The van der Waals surface area contributed by atoms with Gasteiger partial charge in [0.15, 0.2) is 5.82 Å². The maximum Gasteiger partial charge on any atom is 0.151 e. The Morgan fingerprint density at radius 2 is 1.74 bits per heavy atom. The third kappa shape index (κ3) is 5.88. The molecule has 3 aromatic rings. The molecule has 0 unspecified atom stereocenters. The second kappa shape index (κ2) is 11.7. The van der Waals surface area contributed by atoms with E-state index in [0.29, 0.717) is 23.3 Å². The normalized spacial score (nSPS) is 21.1. The number of pyridine rings is 1. The molecular formula is C29H43N9O. The molecule has 210 valence electrons. The molecule has 3 N–H and O–H groups in total. The predicted octanol–water partition coefficient (Wildman–Crippen LogP) is 3.43. The third-order valence-corrected chi connectivity index (χ3v) is 8.94. The van der Waals surface area contributed by atoms with E-state index in [-0.39, 0.29) is 0 Å². The first kappa shape index (κ1) is 26.4. The molecule has 6 heterocycles. The van der Waals surface area contributed by atoms with Crippen molar-refractivity contribution in [3.05, 3.63) is 24.3 Å². The molecule has 0 amide bonds. The Morgan fingerprint density at radius 1 is 0.974 bits per heavy atom. The van der Waals surface area contributed by atoms with Gasteiger partial charge in [-0.05, 0) is 84.1 Å². The smallest absolute Gasteiger partial charge is 0.151 e. The average molecular weight is 534 g/mol. The summed E-state index contributed by atoms with van der Waals surface area (Å²) in [5.41, 5.74) is 10.6. The second-order valence-electron chi connectivity index (χ2n) is 11.6. The monoisotopic (exact) mass is 533 g/mol. The van der Waals surface area contributed by atoms with Gasteiger partial charge >= 0.3 is 0 Å². The number of nitrogen functional groups attached to an aromatic ring is 1. The summed E-state index contributed by atoms with van der Waals surface area (Å²) in [4.78, 5) is 19.7. The molecule has 6 rings (SSSR count). The molecule has 3 fully saturated rings. The summed E-state index contributed by atoms with van der Waals surface area (Å²) in [6, 6.07) is 1.11. The molecular weight excluding hydrogens is 490 g/mol. The zero-order valence-electron chi connectivity index (χ0n) is 23.5. The minimum Gasteiger partial charge on any atom is -0.382 e. The van der Waals surface area contributed by atoms with Crippen molar-refractivity contribution in [2.45, 2.75) is 70.5 Å². The zero-order valence-corrected chi connectivity index (χ0v) is 23.5. The molecule has 0 aliphatic carbocycles. The van der Waals surface area contributed by atoms with Crippen LogP contribution in [0.4, 0.5) is 11.6 Å². The fourth-order valence-electron chi connectivity index (χ4n) is 6.43. The average Bonchev–Trinajstić information content (AvgIpc) is 3.42. The first-order valence-corrected chi connectivity index (χ1v) is 14.8. The molecule has 3 aliphatic heterocycles. The molecule has 39 heavy (non-hydrogen) atoms. The third-order valence-electron chi connectivity index (χ3n) is 8.94. The van der Waals surface area contributed by atoms with Crippen molar-refractivity contribution >= 4 is 22.7 Å². The van der Waals surface area contributed by atoms with E-state index in [1.54, 1.807) is 0 Å². The van der Waals surface area contributed by atoms with Crippen LogP contribution in [0.1, 0.15) is 51.1 Å². The summed E-state index contributed by atoms with van der Waals surface area (Å²) < 4.78 is 7.64. The molecule has 0 spiro atoms. The number of nitrogens with two attached hydrogens (primary N) is 1. The van der Waals surface area contributed by atoms with Crippen LogP contribution in [0.15, 0.2) is 18.6 Å². The van der Waals surface area contributed by atoms with Gasteiger partial charge in [-0.25, -0.2) is 15.0 Å². The Hall–Kier alpha value is -2.82. The Balaban J connectivity index is 1.17. The summed E-state index contributed by atoms with van der Waals surface area (Å²) in [5.74, 6) is 1.91. The van der Waals surface area contributed by atoms with Gasteiger partial charge in [0.1, 0.15) is 16.9 Å². The number of aromatic nitrogens is 5. The number of fused-ring (bicyclic) bond motifs is 1. The van der Waals surface area contributed by atoms with E-state index in [4.69, 9.17) is 25.5 Å². The summed E-state index contributed by atoms with van der Waals surface area (Å²) in [7, 11) is 2.24. The first-order chi connectivity index (χ1) is 19.1. The van der Waals surface area contributed by atoms with E-state index in [9.17, 15) is 0 Å². The van der Waals surface area contributed by atoms with Gasteiger partial charge in [-0.1, -0.05) is 6.92 Å². The van der Waals surface area contributed by atoms with Crippen molar-refractivity contribution in [2.24, 2.45) is 5.92 Å². The van der Waals surface area contributed by atoms with Crippen LogP contribution in [-0.2, 0) is 17.7 Å². The van der Waals surface area contributed by atoms with Crippen molar-refractivity contribution in [1.29, 1.82) is 0 Å². The van der Waals surface area contributed by atoms with Crippen LogP contribution in [0.25, 0.3) is 22.2 Å². The second-order valence-corrected chi connectivity index (χ2v) is 11.6. The quantitative estimate of drug-likeness (QED) is 0.472. The maximum absolute atomic E-state index is 6.28.